The molecule has 1 heterocycles. The smallest absolute Gasteiger partial charge is 0.143 e. The molecule has 0 unspecified atom stereocenters. The number of para-hydroxylation sites is 3. The van der Waals surface area contributed by atoms with Crippen molar-refractivity contribution >= 4 is 49.8 Å². The Hall–Kier alpha value is -6.38. The highest BCUT2D eigenvalue weighted by Gasteiger charge is 2.22. The SMILES string of the molecule is c1ccc(-c2ccc(N(c3ccccc3-c3ccccc3)c3ccccc3-c3cccc4c3oc3c5ccccc5ccc43)cc2)cc1. The van der Waals surface area contributed by atoms with Gasteiger partial charge in [-0.15, -0.1) is 0 Å². The number of furan rings is 1. The quantitative estimate of drug-likeness (QED) is 0.185. The number of fused-ring (bicyclic) bond motifs is 5. The molecular formula is C46H31NO. The lowest BCUT2D eigenvalue weighted by molar-refractivity contribution is 0.674. The molecule has 9 aromatic rings. The molecule has 0 amide bonds. The Kier molecular flexibility index (Phi) is 6.84. The summed E-state index contributed by atoms with van der Waals surface area (Å²) in [5.74, 6) is 0. The van der Waals surface area contributed by atoms with Crippen LogP contribution in [0.5, 0.6) is 0 Å². The molecule has 1 aromatic heterocycles. The van der Waals surface area contributed by atoms with E-state index in [0.29, 0.717) is 0 Å². The molecule has 226 valence electrons. The molecule has 0 N–H and O–H groups in total. The average Bonchev–Trinajstić information content (AvgIpc) is 3.56. The summed E-state index contributed by atoms with van der Waals surface area (Å²) in [5, 5.41) is 4.55. The molecule has 2 nitrogen and oxygen atoms in total. The highest BCUT2D eigenvalue weighted by Crippen LogP contribution is 2.47. The number of benzene rings is 8. The van der Waals surface area contributed by atoms with Crippen LogP contribution in [0.4, 0.5) is 17.1 Å². The van der Waals surface area contributed by atoms with Crippen LogP contribution in [0.3, 0.4) is 0 Å². The zero-order valence-corrected chi connectivity index (χ0v) is 26.3. The minimum atomic E-state index is 0.895. The molecule has 8 aromatic carbocycles. The van der Waals surface area contributed by atoms with Crippen LogP contribution >= 0.6 is 0 Å². The number of hydrogen-bond donors (Lipinski definition) is 0. The maximum absolute atomic E-state index is 6.84. The number of hydrogen-bond acceptors (Lipinski definition) is 2. The van der Waals surface area contributed by atoms with Crippen LogP contribution in [-0.2, 0) is 0 Å². The molecule has 9 rings (SSSR count). The Balaban J connectivity index is 1.28. The molecule has 0 aliphatic rings. The van der Waals surface area contributed by atoms with Crippen molar-refractivity contribution in [1.29, 1.82) is 0 Å². The predicted octanol–water partition coefficient (Wildman–Crippen LogP) is 13.2. The van der Waals surface area contributed by atoms with Gasteiger partial charge in [-0.2, -0.15) is 0 Å². The molecule has 0 atom stereocenters. The second-order valence-corrected chi connectivity index (χ2v) is 12.1. The van der Waals surface area contributed by atoms with Crippen LogP contribution in [0.15, 0.2) is 192 Å². The number of nitrogens with zero attached hydrogens (tertiary/aromatic N) is 1. The molecule has 0 radical (unpaired) electrons. The lowest BCUT2D eigenvalue weighted by Gasteiger charge is -2.30. The van der Waals surface area contributed by atoms with Gasteiger partial charge in [0.15, 0.2) is 0 Å². The zero-order chi connectivity index (χ0) is 31.9. The first-order chi connectivity index (χ1) is 23.8. The van der Waals surface area contributed by atoms with E-state index < -0.39 is 0 Å². The Morgan fingerprint density at radius 3 is 1.62 bits per heavy atom. The molecule has 0 aliphatic heterocycles. The minimum Gasteiger partial charge on any atom is -0.455 e. The van der Waals surface area contributed by atoms with Gasteiger partial charge >= 0.3 is 0 Å². The Morgan fingerprint density at radius 2 is 0.854 bits per heavy atom. The van der Waals surface area contributed by atoms with E-state index in [1.807, 2.05) is 0 Å². The van der Waals surface area contributed by atoms with Crippen molar-refractivity contribution in [2.75, 3.05) is 4.90 Å². The first-order valence-electron chi connectivity index (χ1n) is 16.4. The Bertz CT molecular complexity index is 2550. The topological polar surface area (TPSA) is 16.4 Å². The predicted molar refractivity (Wildman–Crippen MR) is 202 cm³/mol. The average molecular weight is 614 g/mol. The second-order valence-electron chi connectivity index (χ2n) is 12.1. The molecule has 0 bridgehead atoms. The fraction of sp³-hybridized carbons (Fsp3) is 0. The van der Waals surface area contributed by atoms with E-state index >= 15 is 0 Å². The number of anilines is 3. The van der Waals surface area contributed by atoms with Crippen LogP contribution in [0.1, 0.15) is 0 Å². The van der Waals surface area contributed by atoms with Crippen molar-refractivity contribution in [2.24, 2.45) is 0 Å². The first-order valence-corrected chi connectivity index (χ1v) is 16.4. The van der Waals surface area contributed by atoms with E-state index in [1.54, 1.807) is 0 Å². The monoisotopic (exact) mass is 613 g/mol. The molecule has 0 saturated carbocycles. The fourth-order valence-electron chi connectivity index (χ4n) is 7.01. The molecule has 0 spiro atoms. The van der Waals surface area contributed by atoms with Crippen LogP contribution in [0.25, 0.3) is 66.1 Å². The van der Waals surface area contributed by atoms with Crippen LogP contribution < -0.4 is 4.90 Å². The van der Waals surface area contributed by atoms with E-state index in [9.17, 15) is 0 Å². The normalized spacial score (nSPS) is 11.3. The van der Waals surface area contributed by atoms with Crippen LogP contribution in [0, 0.1) is 0 Å². The third kappa shape index (κ3) is 4.74. The molecule has 2 heteroatoms. The standard InChI is InChI=1S/C46H31NO/c1-3-14-32(15-4-1)33-26-29-36(30-27-33)47(43-24-11-9-19-37(43)34-16-5-2-6-17-34)44-25-12-10-21-39(44)40-22-13-23-41-42-31-28-35-18-7-8-20-38(35)45(42)48-46(40)41/h1-31H. The summed E-state index contributed by atoms with van der Waals surface area (Å²) in [6.07, 6.45) is 0. The summed E-state index contributed by atoms with van der Waals surface area (Å²) in [5.41, 5.74) is 11.9. The van der Waals surface area contributed by atoms with Gasteiger partial charge in [-0.1, -0.05) is 158 Å². The lowest BCUT2D eigenvalue weighted by atomic mass is 9.97. The van der Waals surface area contributed by atoms with E-state index in [4.69, 9.17) is 4.42 Å². The number of rotatable bonds is 6. The molecule has 0 aliphatic carbocycles. The second kappa shape index (κ2) is 11.8. The van der Waals surface area contributed by atoms with Gasteiger partial charge in [-0.25, -0.2) is 0 Å². The Labute approximate surface area is 279 Å². The van der Waals surface area contributed by atoms with Crippen molar-refractivity contribution in [3.05, 3.63) is 188 Å². The van der Waals surface area contributed by atoms with Gasteiger partial charge in [0.1, 0.15) is 11.2 Å². The summed E-state index contributed by atoms with van der Waals surface area (Å²) >= 11 is 0. The molecule has 0 saturated heterocycles. The maximum Gasteiger partial charge on any atom is 0.143 e. The van der Waals surface area contributed by atoms with Gasteiger partial charge in [0.25, 0.3) is 0 Å². The van der Waals surface area contributed by atoms with Gasteiger partial charge in [0.05, 0.1) is 11.4 Å². The van der Waals surface area contributed by atoms with E-state index in [2.05, 4.69) is 193 Å². The van der Waals surface area contributed by atoms with Crippen molar-refractivity contribution in [2.45, 2.75) is 0 Å². The molecular weight excluding hydrogens is 583 g/mol. The van der Waals surface area contributed by atoms with Gasteiger partial charge < -0.3 is 9.32 Å². The van der Waals surface area contributed by atoms with Crippen LogP contribution in [-0.4, -0.2) is 0 Å². The van der Waals surface area contributed by atoms with Gasteiger partial charge in [-0.05, 0) is 52.4 Å². The summed E-state index contributed by atoms with van der Waals surface area (Å²) in [6.45, 7) is 0. The van der Waals surface area contributed by atoms with Gasteiger partial charge in [0, 0.05) is 38.5 Å². The third-order valence-electron chi connectivity index (χ3n) is 9.29. The van der Waals surface area contributed by atoms with E-state index in [0.717, 1.165) is 61.1 Å². The third-order valence-corrected chi connectivity index (χ3v) is 9.29. The highest BCUT2D eigenvalue weighted by atomic mass is 16.3. The van der Waals surface area contributed by atoms with Crippen molar-refractivity contribution in [1.82, 2.24) is 0 Å². The summed E-state index contributed by atoms with van der Waals surface area (Å²) in [6, 6.07) is 66.8. The minimum absolute atomic E-state index is 0.895. The van der Waals surface area contributed by atoms with Crippen molar-refractivity contribution < 1.29 is 4.42 Å². The first kappa shape index (κ1) is 27.9. The van der Waals surface area contributed by atoms with Gasteiger partial charge in [0.2, 0.25) is 0 Å². The Morgan fingerprint density at radius 1 is 0.312 bits per heavy atom. The molecule has 48 heavy (non-hydrogen) atoms. The van der Waals surface area contributed by atoms with E-state index in [1.165, 1.54) is 22.1 Å². The summed E-state index contributed by atoms with van der Waals surface area (Å²) in [4.78, 5) is 2.39. The largest absolute Gasteiger partial charge is 0.455 e. The maximum atomic E-state index is 6.84. The zero-order valence-electron chi connectivity index (χ0n) is 26.3. The summed E-state index contributed by atoms with van der Waals surface area (Å²) in [7, 11) is 0. The fourth-order valence-corrected chi connectivity index (χ4v) is 7.01. The highest BCUT2D eigenvalue weighted by molar-refractivity contribution is 6.17. The van der Waals surface area contributed by atoms with Crippen LogP contribution in [0.2, 0.25) is 0 Å². The van der Waals surface area contributed by atoms with Crippen molar-refractivity contribution in [3.63, 3.8) is 0 Å². The van der Waals surface area contributed by atoms with E-state index in [-0.39, 0.29) is 0 Å². The molecule has 0 fully saturated rings. The lowest BCUT2D eigenvalue weighted by Crippen LogP contribution is -2.12. The summed E-state index contributed by atoms with van der Waals surface area (Å²) < 4.78 is 6.84. The van der Waals surface area contributed by atoms with Crippen molar-refractivity contribution in [3.8, 4) is 33.4 Å². The van der Waals surface area contributed by atoms with Gasteiger partial charge in [-0.3, -0.25) is 0 Å².